The summed E-state index contributed by atoms with van der Waals surface area (Å²) in [6, 6.07) is 5.88. The van der Waals surface area contributed by atoms with Crippen LogP contribution in [0.2, 0.25) is 0 Å². The van der Waals surface area contributed by atoms with Crippen LogP contribution in [0.5, 0.6) is 11.5 Å². The minimum Gasteiger partial charge on any atom is -0.493 e. The van der Waals surface area contributed by atoms with Gasteiger partial charge in [-0.1, -0.05) is 6.07 Å². The summed E-state index contributed by atoms with van der Waals surface area (Å²) in [5.41, 5.74) is 0.514. The van der Waals surface area contributed by atoms with E-state index in [0.29, 0.717) is 24.6 Å². The molecule has 7 heteroatoms. The van der Waals surface area contributed by atoms with Crippen LogP contribution in [-0.4, -0.2) is 61.3 Å². The molecule has 0 saturated carbocycles. The molecule has 1 aromatic carbocycles. The van der Waals surface area contributed by atoms with Crippen molar-refractivity contribution in [1.82, 2.24) is 9.80 Å². The molecule has 0 spiro atoms. The second-order valence-corrected chi connectivity index (χ2v) is 9.07. The molecule has 2 amide bonds. The summed E-state index contributed by atoms with van der Waals surface area (Å²) in [7, 11) is 3.23. The molecule has 30 heavy (non-hydrogen) atoms. The summed E-state index contributed by atoms with van der Waals surface area (Å²) >= 11 is 0. The van der Waals surface area contributed by atoms with Gasteiger partial charge in [0.05, 0.1) is 26.2 Å². The van der Waals surface area contributed by atoms with Gasteiger partial charge in [0.25, 0.3) is 0 Å². The lowest BCUT2D eigenvalue weighted by Crippen LogP contribution is -2.47. The summed E-state index contributed by atoms with van der Waals surface area (Å²) in [5.74, 6) is 1.29. The predicted molar refractivity (Wildman–Crippen MR) is 114 cm³/mol. The number of hydrogen-bond acceptors (Lipinski definition) is 5. The Kier molecular flexibility index (Phi) is 6.78. The summed E-state index contributed by atoms with van der Waals surface area (Å²) < 4.78 is 16.3. The topological polar surface area (TPSA) is 68.3 Å². The Labute approximate surface area is 179 Å². The molecule has 7 nitrogen and oxygen atoms in total. The molecular formula is C23H34N2O5. The fourth-order valence-corrected chi connectivity index (χ4v) is 4.34. The molecule has 0 N–H and O–H groups in total. The van der Waals surface area contributed by atoms with Crippen molar-refractivity contribution in [2.24, 2.45) is 5.92 Å². The molecule has 0 unspecified atom stereocenters. The standard InChI is InChI=1S/C23H34N2O5/c1-23(2,3)30-22(27)24-12-6-8-17(15-24)21(26)25-13-7-9-18(25)16-10-11-19(28-4)20(14-16)29-5/h10-11,14,17-18H,6-9,12-13,15H2,1-5H3/t17-,18+/m0/s1. The third kappa shape index (κ3) is 4.99. The van der Waals surface area contributed by atoms with Gasteiger partial charge < -0.3 is 24.0 Å². The van der Waals surface area contributed by atoms with Crippen LogP contribution in [0, 0.1) is 5.92 Å². The van der Waals surface area contributed by atoms with Gasteiger partial charge in [-0.3, -0.25) is 4.79 Å². The number of benzene rings is 1. The Hall–Kier alpha value is -2.44. The Balaban J connectivity index is 1.71. The number of piperidine rings is 1. The third-order valence-corrected chi connectivity index (χ3v) is 5.75. The zero-order valence-electron chi connectivity index (χ0n) is 18.8. The number of carbonyl (C=O) groups is 2. The predicted octanol–water partition coefficient (Wildman–Crippen LogP) is 4.01. The van der Waals surface area contributed by atoms with Crippen molar-refractivity contribution in [1.29, 1.82) is 0 Å². The molecule has 2 saturated heterocycles. The molecule has 2 fully saturated rings. The average Bonchev–Trinajstić information content (AvgIpc) is 3.21. The van der Waals surface area contributed by atoms with Gasteiger partial charge >= 0.3 is 6.09 Å². The molecule has 0 radical (unpaired) electrons. The van der Waals surface area contributed by atoms with E-state index in [4.69, 9.17) is 14.2 Å². The third-order valence-electron chi connectivity index (χ3n) is 5.75. The quantitative estimate of drug-likeness (QED) is 0.739. The molecule has 2 aliphatic rings. The molecule has 3 rings (SSSR count). The maximum Gasteiger partial charge on any atom is 0.410 e. The number of rotatable bonds is 4. The van der Waals surface area contributed by atoms with E-state index in [-0.39, 0.29) is 24.0 Å². The minimum absolute atomic E-state index is 0.0224. The highest BCUT2D eigenvalue weighted by molar-refractivity contribution is 5.81. The van der Waals surface area contributed by atoms with Gasteiger partial charge in [0.2, 0.25) is 5.91 Å². The van der Waals surface area contributed by atoms with E-state index in [1.807, 2.05) is 43.9 Å². The van der Waals surface area contributed by atoms with Crippen LogP contribution in [0.25, 0.3) is 0 Å². The summed E-state index contributed by atoms with van der Waals surface area (Å²) in [5, 5.41) is 0. The highest BCUT2D eigenvalue weighted by atomic mass is 16.6. The van der Waals surface area contributed by atoms with Crippen LogP contribution < -0.4 is 9.47 Å². The first-order chi connectivity index (χ1) is 14.2. The SMILES string of the molecule is COc1ccc([C@H]2CCCN2C(=O)[C@H]2CCCN(C(=O)OC(C)(C)C)C2)cc1OC. The highest BCUT2D eigenvalue weighted by Gasteiger charge is 2.37. The van der Waals surface area contributed by atoms with E-state index in [1.165, 1.54) is 0 Å². The number of hydrogen-bond donors (Lipinski definition) is 0. The van der Waals surface area contributed by atoms with E-state index >= 15 is 0 Å². The van der Waals surface area contributed by atoms with Gasteiger partial charge in [-0.05, 0) is 64.2 Å². The van der Waals surface area contributed by atoms with E-state index < -0.39 is 5.60 Å². The number of likely N-dealkylation sites (tertiary alicyclic amines) is 2. The average molecular weight is 419 g/mol. The normalized spacial score (nSPS) is 22.0. The van der Waals surface area contributed by atoms with Crippen LogP contribution in [0.4, 0.5) is 4.79 Å². The first-order valence-corrected chi connectivity index (χ1v) is 10.7. The van der Waals surface area contributed by atoms with E-state index in [1.54, 1.807) is 19.1 Å². The van der Waals surface area contributed by atoms with Crippen LogP contribution >= 0.6 is 0 Å². The Morgan fingerprint density at radius 2 is 1.70 bits per heavy atom. The second kappa shape index (κ2) is 9.14. The lowest BCUT2D eigenvalue weighted by Gasteiger charge is -2.36. The molecule has 1 aromatic rings. The van der Waals surface area contributed by atoms with E-state index in [9.17, 15) is 9.59 Å². The van der Waals surface area contributed by atoms with Gasteiger partial charge in [-0.2, -0.15) is 0 Å². The number of nitrogens with zero attached hydrogens (tertiary/aromatic N) is 2. The lowest BCUT2D eigenvalue weighted by molar-refractivity contribution is -0.138. The van der Waals surface area contributed by atoms with Crippen LogP contribution in [0.1, 0.15) is 58.1 Å². The first kappa shape index (κ1) is 22.2. The van der Waals surface area contributed by atoms with Gasteiger partial charge in [0.1, 0.15) is 5.60 Å². The smallest absolute Gasteiger partial charge is 0.410 e. The maximum atomic E-state index is 13.4. The van der Waals surface area contributed by atoms with E-state index in [2.05, 4.69) is 0 Å². The molecule has 2 atom stereocenters. The van der Waals surface area contributed by atoms with Crippen molar-refractivity contribution in [2.45, 2.75) is 58.1 Å². The van der Waals surface area contributed by atoms with Crippen molar-refractivity contribution >= 4 is 12.0 Å². The van der Waals surface area contributed by atoms with Gasteiger partial charge in [-0.25, -0.2) is 4.79 Å². The first-order valence-electron chi connectivity index (χ1n) is 10.7. The van der Waals surface area contributed by atoms with Crippen molar-refractivity contribution in [3.05, 3.63) is 23.8 Å². The Morgan fingerprint density at radius 3 is 2.37 bits per heavy atom. The molecule has 2 aliphatic heterocycles. The van der Waals surface area contributed by atoms with Crippen LogP contribution in [0.3, 0.4) is 0 Å². The number of ether oxygens (including phenoxy) is 3. The summed E-state index contributed by atoms with van der Waals surface area (Å²) in [4.78, 5) is 29.5. The van der Waals surface area contributed by atoms with Crippen LogP contribution in [-0.2, 0) is 9.53 Å². The van der Waals surface area contributed by atoms with Gasteiger partial charge in [0, 0.05) is 19.6 Å². The number of amides is 2. The fourth-order valence-electron chi connectivity index (χ4n) is 4.34. The monoisotopic (exact) mass is 418 g/mol. The van der Waals surface area contributed by atoms with E-state index in [0.717, 1.165) is 37.8 Å². The second-order valence-electron chi connectivity index (χ2n) is 9.07. The number of carbonyl (C=O) groups excluding carboxylic acids is 2. The van der Waals surface area contributed by atoms with Crippen molar-refractivity contribution in [2.75, 3.05) is 33.9 Å². The Bertz CT molecular complexity index is 773. The molecule has 0 aromatic heterocycles. The number of methoxy groups -OCH3 is 2. The molecule has 2 heterocycles. The lowest BCUT2D eigenvalue weighted by atomic mass is 9.95. The fraction of sp³-hybridized carbons (Fsp3) is 0.652. The van der Waals surface area contributed by atoms with Gasteiger partial charge in [0.15, 0.2) is 11.5 Å². The zero-order chi connectivity index (χ0) is 21.9. The van der Waals surface area contributed by atoms with Crippen molar-refractivity contribution in [3.63, 3.8) is 0 Å². The molecule has 0 bridgehead atoms. The maximum absolute atomic E-state index is 13.4. The van der Waals surface area contributed by atoms with Crippen molar-refractivity contribution in [3.8, 4) is 11.5 Å². The minimum atomic E-state index is -0.540. The summed E-state index contributed by atoms with van der Waals surface area (Å²) in [6.07, 6.45) is 3.16. The van der Waals surface area contributed by atoms with Crippen molar-refractivity contribution < 1.29 is 23.8 Å². The van der Waals surface area contributed by atoms with Crippen LogP contribution in [0.15, 0.2) is 18.2 Å². The van der Waals surface area contributed by atoms with Gasteiger partial charge in [-0.15, -0.1) is 0 Å². The largest absolute Gasteiger partial charge is 0.493 e. The molecular weight excluding hydrogens is 384 g/mol. The zero-order valence-corrected chi connectivity index (χ0v) is 18.8. The summed E-state index contributed by atoms with van der Waals surface area (Å²) in [6.45, 7) is 7.36. The highest BCUT2D eigenvalue weighted by Crippen LogP contribution is 2.38. The molecule has 0 aliphatic carbocycles. The molecule has 166 valence electrons. The Morgan fingerprint density at radius 1 is 1.00 bits per heavy atom.